The van der Waals surface area contributed by atoms with Gasteiger partial charge in [0.2, 0.25) is 0 Å². The first-order chi connectivity index (χ1) is 16.2. The van der Waals surface area contributed by atoms with Gasteiger partial charge in [0.25, 0.3) is 0 Å². The van der Waals surface area contributed by atoms with Crippen molar-refractivity contribution < 1.29 is 0 Å². The maximum Gasteiger partial charge on any atom is 0.000356 e. The zero-order valence-corrected chi connectivity index (χ0v) is 23.6. The lowest BCUT2D eigenvalue weighted by Gasteiger charge is -2.21. The van der Waals surface area contributed by atoms with E-state index < -0.39 is 0 Å². The van der Waals surface area contributed by atoms with E-state index in [1.54, 1.807) is 0 Å². The molecule has 0 fully saturated rings. The van der Waals surface area contributed by atoms with Crippen molar-refractivity contribution in [1.82, 2.24) is 4.90 Å². The van der Waals surface area contributed by atoms with Crippen LogP contribution in [-0.2, 0) is 0 Å². The molecule has 0 aromatic carbocycles. The lowest BCUT2D eigenvalue weighted by atomic mass is 9.93. The van der Waals surface area contributed by atoms with E-state index in [1.165, 1.54) is 141 Å². The minimum atomic E-state index is 0.925. The quantitative estimate of drug-likeness (QED) is 0.0914. The molecule has 0 N–H and O–H groups in total. The van der Waals surface area contributed by atoms with E-state index in [0.29, 0.717) is 0 Å². The van der Waals surface area contributed by atoms with Gasteiger partial charge in [0.05, 0.1) is 0 Å². The smallest absolute Gasteiger partial charge is 0.000356 e. The van der Waals surface area contributed by atoms with Gasteiger partial charge in [-0.25, -0.2) is 0 Å². The Balaban J connectivity index is 3.54. The van der Waals surface area contributed by atoms with Crippen molar-refractivity contribution in [3.05, 3.63) is 24.3 Å². The van der Waals surface area contributed by atoms with Crippen LogP contribution in [0.2, 0.25) is 0 Å². The average Bonchev–Trinajstić information content (AvgIpc) is 2.80. The van der Waals surface area contributed by atoms with Crippen LogP contribution in [0.25, 0.3) is 0 Å². The third-order valence-electron chi connectivity index (χ3n) is 6.90. The fourth-order valence-electron chi connectivity index (χ4n) is 4.83. The minimum absolute atomic E-state index is 0.925. The predicted molar refractivity (Wildman–Crippen MR) is 153 cm³/mol. The molecular formula is C32H63N. The minimum Gasteiger partial charge on any atom is -0.309 e. The Kier molecular flexibility index (Phi) is 27.2. The molecule has 1 atom stereocenters. The zero-order chi connectivity index (χ0) is 24.2. The summed E-state index contributed by atoms with van der Waals surface area (Å²) < 4.78 is 0. The second-order valence-electron chi connectivity index (χ2n) is 10.8. The highest BCUT2D eigenvalue weighted by Crippen LogP contribution is 2.20. The first-order valence-electron chi connectivity index (χ1n) is 15.1. The first-order valence-corrected chi connectivity index (χ1v) is 15.1. The molecule has 1 heteroatoms. The maximum atomic E-state index is 2.41. The van der Waals surface area contributed by atoms with Gasteiger partial charge in [-0.15, -0.1) is 0 Å². The van der Waals surface area contributed by atoms with Crippen LogP contribution >= 0.6 is 0 Å². The SMILES string of the molecule is CCCCCC=CCC=CCCCCCCCCCC(CCCCCCCCC)CN(C)C. The lowest BCUT2D eigenvalue weighted by molar-refractivity contribution is 0.286. The fraction of sp³-hybridized carbons (Fsp3) is 0.875. The van der Waals surface area contributed by atoms with Gasteiger partial charge in [0, 0.05) is 6.54 Å². The molecule has 0 amide bonds. The molecule has 0 heterocycles. The summed E-state index contributed by atoms with van der Waals surface area (Å²) in [6, 6.07) is 0. The van der Waals surface area contributed by atoms with Gasteiger partial charge in [0.15, 0.2) is 0 Å². The van der Waals surface area contributed by atoms with Gasteiger partial charge in [-0.2, -0.15) is 0 Å². The number of rotatable bonds is 26. The number of nitrogens with zero attached hydrogens (tertiary/aromatic N) is 1. The molecular weight excluding hydrogens is 398 g/mol. The van der Waals surface area contributed by atoms with Crippen LogP contribution in [0.3, 0.4) is 0 Å². The Morgan fingerprint density at radius 2 is 0.879 bits per heavy atom. The lowest BCUT2D eigenvalue weighted by Crippen LogP contribution is -2.21. The summed E-state index contributed by atoms with van der Waals surface area (Å²) in [4.78, 5) is 2.41. The van der Waals surface area contributed by atoms with Gasteiger partial charge >= 0.3 is 0 Å². The summed E-state index contributed by atoms with van der Waals surface area (Å²) in [5.74, 6) is 0.925. The summed E-state index contributed by atoms with van der Waals surface area (Å²) in [6.07, 6.45) is 40.1. The summed E-state index contributed by atoms with van der Waals surface area (Å²) in [5.41, 5.74) is 0. The highest BCUT2D eigenvalue weighted by atomic mass is 15.1. The van der Waals surface area contributed by atoms with E-state index in [9.17, 15) is 0 Å². The molecule has 33 heavy (non-hydrogen) atoms. The maximum absolute atomic E-state index is 2.41. The van der Waals surface area contributed by atoms with Crippen molar-refractivity contribution in [3.8, 4) is 0 Å². The van der Waals surface area contributed by atoms with E-state index >= 15 is 0 Å². The second-order valence-corrected chi connectivity index (χ2v) is 10.8. The summed E-state index contributed by atoms with van der Waals surface area (Å²) >= 11 is 0. The van der Waals surface area contributed by atoms with Crippen molar-refractivity contribution >= 4 is 0 Å². The largest absolute Gasteiger partial charge is 0.309 e. The summed E-state index contributed by atoms with van der Waals surface area (Å²) in [7, 11) is 4.50. The molecule has 0 rings (SSSR count). The third-order valence-corrected chi connectivity index (χ3v) is 6.90. The molecule has 0 aliphatic rings. The molecule has 1 unspecified atom stereocenters. The van der Waals surface area contributed by atoms with E-state index in [2.05, 4.69) is 57.1 Å². The van der Waals surface area contributed by atoms with Gasteiger partial charge < -0.3 is 4.90 Å². The molecule has 0 spiro atoms. The molecule has 1 nitrogen and oxygen atoms in total. The van der Waals surface area contributed by atoms with Crippen LogP contribution in [-0.4, -0.2) is 25.5 Å². The Morgan fingerprint density at radius 3 is 1.36 bits per heavy atom. The molecule has 0 aromatic rings. The number of hydrogen-bond donors (Lipinski definition) is 0. The standard InChI is InChI=1S/C32H63N/c1-5-7-9-11-13-14-15-16-17-18-19-20-21-22-24-26-28-30-32(31-33(3)4)29-27-25-23-12-10-8-6-2/h13-14,16-17,32H,5-12,15,18-31H2,1-4H3. The second kappa shape index (κ2) is 27.7. The summed E-state index contributed by atoms with van der Waals surface area (Å²) in [5, 5.41) is 0. The molecule has 0 aromatic heterocycles. The Hall–Kier alpha value is -0.560. The highest BCUT2D eigenvalue weighted by Gasteiger charge is 2.09. The van der Waals surface area contributed by atoms with E-state index in [4.69, 9.17) is 0 Å². The average molecular weight is 462 g/mol. The third kappa shape index (κ3) is 27.6. The Morgan fingerprint density at radius 1 is 0.485 bits per heavy atom. The van der Waals surface area contributed by atoms with E-state index in [1.807, 2.05) is 0 Å². The van der Waals surface area contributed by atoms with Crippen LogP contribution < -0.4 is 0 Å². The van der Waals surface area contributed by atoms with Crippen LogP contribution in [0.1, 0.15) is 155 Å². The molecule has 0 aliphatic carbocycles. The van der Waals surface area contributed by atoms with Gasteiger partial charge in [-0.3, -0.25) is 0 Å². The zero-order valence-electron chi connectivity index (χ0n) is 23.6. The Labute approximate surface area is 210 Å². The van der Waals surface area contributed by atoms with E-state index in [-0.39, 0.29) is 0 Å². The van der Waals surface area contributed by atoms with Crippen LogP contribution in [0.5, 0.6) is 0 Å². The number of allylic oxidation sites excluding steroid dienone is 4. The van der Waals surface area contributed by atoms with Crippen LogP contribution in [0.4, 0.5) is 0 Å². The van der Waals surface area contributed by atoms with Crippen molar-refractivity contribution in [2.24, 2.45) is 5.92 Å². The van der Waals surface area contributed by atoms with Gasteiger partial charge in [-0.05, 0) is 65.0 Å². The first kappa shape index (κ1) is 32.4. The van der Waals surface area contributed by atoms with Gasteiger partial charge in [-0.1, -0.05) is 134 Å². The summed E-state index contributed by atoms with van der Waals surface area (Å²) in [6.45, 7) is 5.87. The van der Waals surface area contributed by atoms with Crippen molar-refractivity contribution in [2.75, 3.05) is 20.6 Å². The van der Waals surface area contributed by atoms with Crippen LogP contribution in [0.15, 0.2) is 24.3 Å². The highest BCUT2D eigenvalue weighted by molar-refractivity contribution is 4.92. The predicted octanol–water partition coefficient (Wildman–Crippen LogP) is 10.9. The van der Waals surface area contributed by atoms with Crippen molar-refractivity contribution in [3.63, 3.8) is 0 Å². The normalized spacial score (nSPS) is 13.1. The molecule has 0 radical (unpaired) electrons. The molecule has 0 saturated carbocycles. The molecule has 196 valence electrons. The monoisotopic (exact) mass is 461 g/mol. The topological polar surface area (TPSA) is 3.24 Å². The molecule has 0 bridgehead atoms. The van der Waals surface area contributed by atoms with Gasteiger partial charge in [0.1, 0.15) is 0 Å². The molecule has 0 saturated heterocycles. The van der Waals surface area contributed by atoms with Crippen molar-refractivity contribution in [1.29, 1.82) is 0 Å². The van der Waals surface area contributed by atoms with Crippen LogP contribution in [0, 0.1) is 5.92 Å². The Bertz CT molecular complexity index is 409. The number of unbranched alkanes of at least 4 members (excludes halogenated alkanes) is 16. The number of hydrogen-bond acceptors (Lipinski definition) is 1. The van der Waals surface area contributed by atoms with Crippen molar-refractivity contribution in [2.45, 2.75) is 155 Å². The molecule has 0 aliphatic heterocycles. The fourth-order valence-corrected chi connectivity index (χ4v) is 4.83. The van der Waals surface area contributed by atoms with E-state index in [0.717, 1.165) is 12.3 Å².